The number of nitrogens with zero attached hydrogens (tertiary/aromatic N) is 1. The summed E-state index contributed by atoms with van der Waals surface area (Å²) in [4.78, 5) is 23.3. The van der Waals surface area contributed by atoms with Crippen LogP contribution in [0, 0.1) is 17.2 Å². The second-order valence-electron chi connectivity index (χ2n) is 5.13. The van der Waals surface area contributed by atoms with E-state index in [0.717, 1.165) is 0 Å². The molecule has 0 unspecified atom stereocenters. The van der Waals surface area contributed by atoms with Gasteiger partial charge in [-0.25, -0.2) is 4.79 Å². The summed E-state index contributed by atoms with van der Waals surface area (Å²) in [7, 11) is 1.25. The van der Waals surface area contributed by atoms with Crippen LogP contribution in [0.25, 0.3) is 0 Å². The molecule has 0 saturated carbocycles. The standard InChI is InChI=1S/C14H24N2O4/c1-10(2)9-12(17)13(18)16-11(14(19)20-3)7-5-4-6-8-15/h10-12,17H,4-7,9H2,1-3H3,(H,16,18)/t11-,12-/m0/s1. The van der Waals surface area contributed by atoms with Crippen LogP contribution in [0.15, 0.2) is 0 Å². The Morgan fingerprint density at radius 2 is 2.00 bits per heavy atom. The predicted octanol–water partition coefficient (Wildman–Crippen LogP) is 1.14. The van der Waals surface area contributed by atoms with Crippen LogP contribution in [0.2, 0.25) is 0 Å². The van der Waals surface area contributed by atoms with Crippen molar-refractivity contribution in [3.05, 3.63) is 0 Å². The molecular weight excluding hydrogens is 260 g/mol. The molecule has 0 fully saturated rings. The van der Waals surface area contributed by atoms with E-state index in [1.165, 1.54) is 7.11 Å². The van der Waals surface area contributed by atoms with Crippen molar-refractivity contribution in [1.29, 1.82) is 5.26 Å². The fourth-order valence-electron chi connectivity index (χ4n) is 1.77. The average Bonchev–Trinajstić information content (AvgIpc) is 2.40. The molecule has 0 aliphatic rings. The number of nitrogens with one attached hydrogen (secondary N) is 1. The molecule has 0 bridgehead atoms. The Kier molecular flexibility index (Phi) is 9.39. The summed E-state index contributed by atoms with van der Waals surface area (Å²) in [5.41, 5.74) is 0. The molecule has 6 nitrogen and oxygen atoms in total. The van der Waals surface area contributed by atoms with Crippen molar-refractivity contribution in [2.45, 2.75) is 58.1 Å². The molecule has 6 heteroatoms. The number of carbonyl (C=O) groups is 2. The van der Waals surface area contributed by atoms with Gasteiger partial charge >= 0.3 is 5.97 Å². The van der Waals surface area contributed by atoms with Crippen molar-refractivity contribution in [2.75, 3.05) is 7.11 Å². The molecule has 0 aromatic heterocycles. The number of methoxy groups -OCH3 is 1. The second kappa shape index (κ2) is 10.2. The average molecular weight is 284 g/mol. The largest absolute Gasteiger partial charge is 0.467 e. The van der Waals surface area contributed by atoms with E-state index in [-0.39, 0.29) is 5.92 Å². The highest BCUT2D eigenvalue weighted by molar-refractivity contribution is 5.86. The third-order valence-corrected chi connectivity index (χ3v) is 2.83. The van der Waals surface area contributed by atoms with E-state index in [9.17, 15) is 14.7 Å². The van der Waals surface area contributed by atoms with Crippen molar-refractivity contribution in [2.24, 2.45) is 5.92 Å². The number of hydrogen-bond acceptors (Lipinski definition) is 5. The van der Waals surface area contributed by atoms with Crippen LogP contribution < -0.4 is 5.32 Å². The van der Waals surface area contributed by atoms with Crippen LogP contribution in [0.4, 0.5) is 0 Å². The molecule has 0 aromatic rings. The Labute approximate surface area is 120 Å². The minimum atomic E-state index is -1.12. The monoisotopic (exact) mass is 284 g/mol. The van der Waals surface area contributed by atoms with Gasteiger partial charge in [0.15, 0.2) is 0 Å². The molecule has 2 atom stereocenters. The Bertz CT molecular complexity index is 350. The first-order chi connectivity index (χ1) is 9.42. The lowest BCUT2D eigenvalue weighted by atomic mass is 10.0. The van der Waals surface area contributed by atoms with Crippen molar-refractivity contribution in [1.82, 2.24) is 5.32 Å². The molecule has 0 aliphatic carbocycles. The third kappa shape index (κ3) is 7.74. The van der Waals surface area contributed by atoms with E-state index >= 15 is 0 Å². The second-order valence-corrected chi connectivity index (χ2v) is 5.13. The van der Waals surface area contributed by atoms with Crippen molar-refractivity contribution in [3.8, 4) is 6.07 Å². The van der Waals surface area contributed by atoms with Gasteiger partial charge in [-0.1, -0.05) is 13.8 Å². The van der Waals surface area contributed by atoms with Gasteiger partial charge in [0.05, 0.1) is 13.2 Å². The quantitative estimate of drug-likeness (QED) is 0.488. The minimum Gasteiger partial charge on any atom is -0.467 e. The van der Waals surface area contributed by atoms with Crippen molar-refractivity contribution in [3.63, 3.8) is 0 Å². The Morgan fingerprint density at radius 3 is 2.50 bits per heavy atom. The van der Waals surface area contributed by atoms with Gasteiger partial charge < -0.3 is 15.2 Å². The molecule has 0 heterocycles. The molecule has 1 amide bonds. The van der Waals surface area contributed by atoms with Gasteiger partial charge in [0.1, 0.15) is 12.1 Å². The number of aliphatic hydroxyl groups is 1. The first kappa shape index (κ1) is 18.4. The molecule has 2 N–H and O–H groups in total. The zero-order chi connectivity index (χ0) is 15.5. The van der Waals surface area contributed by atoms with E-state index in [1.807, 2.05) is 19.9 Å². The fourth-order valence-corrected chi connectivity index (χ4v) is 1.77. The number of unbranched alkanes of at least 4 members (excludes halogenated alkanes) is 2. The van der Waals surface area contributed by atoms with Gasteiger partial charge in [0, 0.05) is 6.42 Å². The maximum atomic E-state index is 11.8. The molecule has 0 radical (unpaired) electrons. The molecule has 0 spiro atoms. The van der Waals surface area contributed by atoms with Crippen LogP contribution in [0.5, 0.6) is 0 Å². The van der Waals surface area contributed by atoms with Gasteiger partial charge in [-0.15, -0.1) is 0 Å². The highest BCUT2D eigenvalue weighted by atomic mass is 16.5. The topological polar surface area (TPSA) is 99.4 Å². The highest BCUT2D eigenvalue weighted by Gasteiger charge is 2.24. The van der Waals surface area contributed by atoms with Crippen LogP contribution in [-0.2, 0) is 14.3 Å². The van der Waals surface area contributed by atoms with Gasteiger partial charge in [0.2, 0.25) is 5.91 Å². The summed E-state index contributed by atoms with van der Waals surface area (Å²) in [6.07, 6.45) is 1.32. The number of esters is 1. The molecule has 0 aromatic carbocycles. The molecule has 0 rings (SSSR count). The number of ether oxygens (including phenoxy) is 1. The molecule has 0 saturated heterocycles. The number of aliphatic hydroxyl groups excluding tert-OH is 1. The summed E-state index contributed by atoms with van der Waals surface area (Å²) < 4.78 is 4.63. The maximum absolute atomic E-state index is 11.8. The van der Waals surface area contributed by atoms with E-state index in [4.69, 9.17) is 5.26 Å². The lowest BCUT2D eigenvalue weighted by molar-refractivity contribution is -0.146. The molecule has 0 aliphatic heterocycles. The van der Waals surface area contributed by atoms with E-state index < -0.39 is 24.0 Å². The van der Waals surface area contributed by atoms with E-state index in [1.54, 1.807) is 0 Å². The summed E-state index contributed by atoms with van der Waals surface area (Å²) in [6, 6.07) is 1.25. The molecular formula is C14H24N2O4. The lowest BCUT2D eigenvalue weighted by Gasteiger charge is -2.19. The van der Waals surface area contributed by atoms with Crippen LogP contribution in [0.1, 0.15) is 46.0 Å². The Morgan fingerprint density at radius 1 is 1.35 bits per heavy atom. The Balaban J connectivity index is 4.38. The molecule has 114 valence electrons. The van der Waals surface area contributed by atoms with Crippen LogP contribution in [-0.4, -0.2) is 36.2 Å². The SMILES string of the molecule is COC(=O)[C@H](CCCCC#N)NC(=O)[C@@H](O)CC(C)C. The smallest absolute Gasteiger partial charge is 0.328 e. The van der Waals surface area contributed by atoms with Gasteiger partial charge in [-0.3, -0.25) is 4.79 Å². The molecule has 20 heavy (non-hydrogen) atoms. The summed E-state index contributed by atoms with van der Waals surface area (Å²) in [6.45, 7) is 3.80. The zero-order valence-corrected chi connectivity index (χ0v) is 12.4. The normalized spacial score (nSPS) is 13.4. The van der Waals surface area contributed by atoms with Crippen LogP contribution in [0.3, 0.4) is 0 Å². The predicted molar refractivity (Wildman–Crippen MR) is 73.5 cm³/mol. The Hall–Kier alpha value is -1.61. The summed E-state index contributed by atoms with van der Waals surface area (Å²) in [5.74, 6) is -0.913. The number of carbonyl (C=O) groups excluding carboxylic acids is 2. The third-order valence-electron chi connectivity index (χ3n) is 2.83. The summed E-state index contributed by atoms with van der Waals surface area (Å²) >= 11 is 0. The van der Waals surface area contributed by atoms with Crippen LogP contribution >= 0.6 is 0 Å². The first-order valence-corrected chi connectivity index (χ1v) is 6.85. The highest BCUT2D eigenvalue weighted by Crippen LogP contribution is 2.08. The number of rotatable bonds is 9. The van der Waals surface area contributed by atoms with Gasteiger partial charge in [0.25, 0.3) is 0 Å². The van der Waals surface area contributed by atoms with Gasteiger partial charge in [-0.05, 0) is 31.6 Å². The summed E-state index contributed by atoms with van der Waals surface area (Å²) in [5, 5.41) is 20.6. The van der Waals surface area contributed by atoms with Crippen molar-refractivity contribution < 1.29 is 19.4 Å². The van der Waals surface area contributed by atoms with Crippen molar-refractivity contribution >= 4 is 11.9 Å². The minimum absolute atomic E-state index is 0.183. The number of amides is 1. The zero-order valence-electron chi connectivity index (χ0n) is 12.4. The fraction of sp³-hybridized carbons (Fsp3) is 0.786. The van der Waals surface area contributed by atoms with E-state index in [2.05, 4.69) is 10.1 Å². The number of nitriles is 1. The lowest BCUT2D eigenvalue weighted by Crippen LogP contribution is -2.46. The first-order valence-electron chi connectivity index (χ1n) is 6.85. The maximum Gasteiger partial charge on any atom is 0.328 e. The van der Waals surface area contributed by atoms with Gasteiger partial charge in [-0.2, -0.15) is 5.26 Å². The number of hydrogen-bond donors (Lipinski definition) is 2. The van der Waals surface area contributed by atoms with E-state index in [0.29, 0.717) is 32.1 Å².